The summed E-state index contributed by atoms with van der Waals surface area (Å²) in [4.78, 5) is 33.1. The molecule has 1 heterocycles. The largest absolute Gasteiger partial charge is 0.340 e. The lowest BCUT2D eigenvalue weighted by molar-refractivity contribution is -0.116. The molecule has 1 aliphatic heterocycles. The highest BCUT2D eigenvalue weighted by Crippen LogP contribution is 2.30. The van der Waals surface area contributed by atoms with E-state index in [1.54, 1.807) is 0 Å². The predicted octanol–water partition coefficient (Wildman–Crippen LogP) is 4.70. The van der Waals surface area contributed by atoms with Crippen LogP contribution in [0.3, 0.4) is 0 Å². The molecule has 2 aliphatic rings. The van der Waals surface area contributed by atoms with Crippen LogP contribution < -0.4 is 4.90 Å². The smallest absolute Gasteiger partial charge is 0.254 e. The van der Waals surface area contributed by atoms with E-state index in [9.17, 15) is 9.59 Å². The molecule has 0 saturated heterocycles. The summed E-state index contributed by atoms with van der Waals surface area (Å²) in [5, 5.41) is 0. The van der Waals surface area contributed by atoms with E-state index in [-0.39, 0.29) is 11.8 Å². The van der Waals surface area contributed by atoms with Crippen molar-refractivity contribution >= 4 is 29.3 Å². The van der Waals surface area contributed by atoms with Gasteiger partial charge >= 0.3 is 0 Å². The summed E-state index contributed by atoms with van der Waals surface area (Å²) in [6, 6.07) is 16.4. The van der Waals surface area contributed by atoms with Gasteiger partial charge in [0.15, 0.2) is 0 Å². The molecule has 1 fully saturated rings. The number of carbonyl (C=O) groups is 2. The second-order valence-electron chi connectivity index (χ2n) is 9.21. The fourth-order valence-electron chi connectivity index (χ4n) is 4.90. The number of hydrogen-bond donors (Lipinski definition) is 0. The van der Waals surface area contributed by atoms with Gasteiger partial charge in [-0.3, -0.25) is 9.59 Å². The molecule has 0 bridgehead atoms. The van der Waals surface area contributed by atoms with Crippen LogP contribution in [0.25, 0.3) is 0 Å². The Hall–Kier alpha value is -2.31. The molecule has 0 unspecified atom stereocenters. The molecule has 1 saturated carbocycles. The number of anilines is 1. The number of nitrogens with zero attached hydrogens (tertiary/aromatic N) is 3. The van der Waals surface area contributed by atoms with Crippen molar-refractivity contribution in [3.63, 3.8) is 0 Å². The van der Waals surface area contributed by atoms with Gasteiger partial charge in [-0.1, -0.05) is 49.6 Å². The van der Waals surface area contributed by atoms with E-state index >= 15 is 0 Å². The Balaban J connectivity index is 1.33. The fourth-order valence-corrected chi connectivity index (χ4v) is 5.82. The van der Waals surface area contributed by atoms with Crippen LogP contribution in [0.2, 0.25) is 0 Å². The SMILES string of the molecule is CN(CCN(C)C1CCCCC1)C(=O)c1ccccc1SCC(=O)N1CCc2ccccc21. The topological polar surface area (TPSA) is 43.9 Å². The molecule has 2 aromatic rings. The number of hydrogen-bond acceptors (Lipinski definition) is 4. The van der Waals surface area contributed by atoms with E-state index in [4.69, 9.17) is 0 Å². The normalized spacial score (nSPS) is 16.2. The van der Waals surface area contributed by atoms with E-state index in [2.05, 4.69) is 18.0 Å². The number of para-hydroxylation sites is 1. The van der Waals surface area contributed by atoms with Crippen LogP contribution in [0, 0.1) is 0 Å². The molecule has 2 amide bonds. The van der Waals surface area contributed by atoms with Crippen LogP contribution in [0.15, 0.2) is 53.4 Å². The van der Waals surface area contributed by atoms with Crippen LogP contribution >= 0.6 is 11.8 Å². The minimum absolute atomic E-state index is 0.0223. The van der Waals surface area contributed by atoms with Crippen molar-refractivity contribution in [3.8, 4) is 0 Å². The third-order valence-electron chi connectivity index (χ3n) is 6.99. The summed E-state index contributed by atoms with van der Waals surface area (Å²) >= 11 is 1.46. The van der Waals surface area contributed by atoms with Crippen molar-refractivity contribution in [2.24, 2.45) is 0 Å². The first-order chi connectivity index (χ1) is 16.0. The van der Waals surface area contributed by atoms with Crippen LogP contribution in [-0.4, -0.2) is 67.1 Å². The number of fused-ring (bicyclic) bond motifs is 1. The van der Waals surface area contributed by atoms with E-state index in [0.29, 0.717) is 23.9 Å². The monoisotopic (exact) mass is 465 g/mol. The lowest BCUT2D eigenvalue weighted by atomic mass is 9.94. The molecular weight excluding hydrogens is 430 g/mol. The lowest BCUT2D eigenvalue weighted by Crippen LogP contribution is -2.40. The summed E-state index contributed by atoms with van der Waals surface area (Å²) in [5.41, 5.74) is 2.93. The van der Waals surface area contributed by atoms with Gasteiger partial charge in [-0.2, -0.15) is 0 Å². The first-order valence-electron chi connectivity index (χ1n) is 12.1. The summed E-state index contributed by atoms with van der Waals surface area (Å²) in [5.74, 6) is 0.441. The highest BCUT2D eigenvalue weighted by molar-refractivity contribution is 8.00. The highest BCUT2D eigenvalue weighted by atomic mass is 32.2. The molecule has 0 atom stereocenters. The van der Waals surface area contributed by atoms with E-state index < -0.39 is 0 Å². The molecule has 6 heteroatoms. The molecule has 176 valence electrons. The van der Waals surface area contributed by atoms with Gasteiger partial charge in [0.05, 0.1) is 11.3 Å². The molecule has 0 spiro atoms. The number of likely N-dealkylation sites (N-methyl/N-ethyl adjacent to an activating group) is 2. The number of benzene rings is 2. The molecule has 4 rings (SSSR count). The zero-order chi connectivity index (χ0) is 23.2. The van der Waals surface area contributed by atoms with Gasteiger partial charge < -0.3 is 14.7 Å². The molecule has 0 aromatic heterocycles. The number of amides is 2. The zero-order valence-corrected chi connectivity index (χ0v) is 20.7. The number of rotatable bonds is 8. The molecule has 0 N–H and O–H groups in total. The minimum Gasteiger partial charge on any atom is -0.340 e. The average Bonchev–Trinajstić information content (AvgIpc) is 3.30. The zero-order valence-electron chi connectivity index (χ0n) is 19.8. The second kappa shape index (κ2) is 11.2. The van der Waals surface area contributed by atoms with E-state index in [1.807, 2.05) is 59.3 Å². The molecule has 1 aliphatic carbocycles. The van der Waals surface area contributed by atoms with Crippen molar-refractivity contribution in [2.45, 2.75) is 49.5 Å². The highest BCUT2D eigenvalue weighted by Gasteiger charge is 2.25. The third kappa shape index (κ3) is 5.79. The summed E-state index contributed by atoms with van der Waals surface area (Å²) < 4.78 is 0. The van der Waals surface area contributed by atoms with Crippen molar-refractivity contribution in [3.05, 3.63) is 59.7 Å². The van der Waals surface area contributed by atoms with Crippen LogP contribution in [0.4, 0.5) is 5.69 Å². The Morgan fingerprint density at radius 1 is 0.970 bits per heavy atom. The van der Waals surface area contributed by atoms with Crippen LogP contribution in [-0.2, 0) is 11.2 Å². The van der Waals surface area contributed by atoms with Crippen LogP contribution in [0.1, 0.15) is 48.0 Å². The van der Waals surface area contributed by atoms with Gasteiger partial charge in [-0.15, -0.1) is 11.8 Å². The van der Waals surface area contributed by atoms with Crippen molar-refractivity contribution in [1.82, 2.24) is 9.80 Å². The van der Waals surface area contributed by atoms with Gasteiger partial charge in [0.2, 0.25) is 5.91 Å². The van der Waals surface area contributed by atoms with Gasteiger partial charge in [0.1, 0.15) is 0 Å². The number of carbonyl (C=O) groups excluding carboxylic acids is 2. The Bertz CT molecular complexity index is 973. The predicted molar refractivity (Wildman–Crippen MR) is 136 cm³/mol. The van der Waals surface area contributed by atoms with Gasteiger partial charge in [-0.25, -0.2) is 0 Å². The van der Waals surface area contributed by atoms with E-state index in [1.165, 1.54) is 49.4 Å². The summed E-state index contributed by atoms with van der Waals surface area (Å²) in [6.07, 6.45) is 7.42. The quantitative estimate of drug-likeness (QED) is 0.530. The molecule has 5 nitrogen and oxygen atoms in total. The molecule has 0 radical (unpaired) electrons. The lowest BCUT2D eigenvalue weighted by Gasteiger charge is -2.32. The maximum atomic E-state index is 13.2. The third-order valence-corrected chi connectivity index (χ3v) is 8.05. The number of thioether (sulfide) groups is 1. The Morgan fingerprint density at radius 3 is 2.52 bits per heavy atom. The molecule has 33 heavy (non-hydrogen) atoms. The molecular formula is C27H35N3O2S. The molecule has 2 aromatic carbocycles. The fraction of sp³-hybridized carbons (Fsp3) is 0.481. The van der Waals surface area contributed by atoms with Gasteiger partial charge in [-0.05, 0) is 50.1 Å². The van der Waals surface area contributed by atoms with Gasteiger partial charge in [0.25, 0.3) is 5.91 Å². The maximum absolute atomic E-state index is 13.2. The van der Waals surface area contributed by atoms with Crippen molar-refractivity contribution in [1.29, 1.82) is 0 Å². The first kappa shape index (κ1) is 23.8. The standard InChI is InChI=1S/C27H35N3O2S/c1-28(22-11-4-3-5-12-22)18-19-29(2)27(32)23-13-7-9-15-25(23)33-20-26(31)30-17-16-21-10-6-8-14-24(21)30/h6-10,13-15,22H,3-5,11-12,16-20H2,1-2H3. The second-order valence-corrected chi connectivity index (χ2v) is 10.2. The Labute approximate surface area is 202 Å². The summed E-state index contributed by atoms with van der Waals surface area (Å²) in [6.45, 7) is 2.32. The Morgan fingerprint density at radius 2 is 1.70 bits per heavy atom. The first-order valence-corrected chi connectivity index (χ1v) is 13.1. The van der Waals surface area contributed by atoms with Crippen molar-refractivity contribution in [2.75, 3.05) is 44.4 Å². The minimum atomic E-state index is 0.0223. The average molecular weight is 466 g/mol. The van der Waals surface area contributed by atoms with Gasteiger partial charge in [0, 0.05) is 43.3 Å². The summed E-state index contributed by atoms with van der Waals surface area (Å²) in [7, 11) is 4.06. The van der Waals surface area contributed by atoms with Crippen LogP contribution in [0.5, 0.6) is 0 Å². The maximum Gasteiger partial charge on any atom is 0.254 e. The van der Waals surface area contributed by atoms with Crippen molar-refractivity contribution < 1.29 is 9.59 Å². The van der Waals surface area contributed by atoms with E-state index in [0.717, 1.165) is 30.1 Å². The Kier molecular flexibility index (Phi) is 8.10.